The Morgan fingerprint density at radius 3 is 2.36 bits per heavy atom. The van der Waals surface area contributed by atoms with Crippen molar-refractivity contribution in [2.24, 2.45) is 13.0 Å². The van der Waals surface area contributed by atoms with Crippen LogP contribution in [0.4, 0.5) is 5.69 Å². The highest BCUT2D eigenvalue weighted by Crippen LogP contribution is 2.46. The summed E-state index contributed by atoms with van der Waals surface area (Å²) in [6.45, 7) is 3.21. The van der Waals surface area contributed by atoms with Crippen molar-refractivity contribution in [1.82, 2.24) is 19.3 Å². The first kappa shape index (κ1) is 34.1. The molecule has 2 aliphatic carbocycles. The first-order valence-corrected chi connectivity index (χ1v) is 18.9. The minimum Gasteiger partial charge on any atom is -0.481 e. The van der Waals surface area contributed by atoms with Crippen molar-refractivity contribution in [3.63, 3.8) is 0 Å². The summed E-state index contributed by atoms with van der Waals surface area (Å²) in [7, 11) is 1.90. The lowest BCUT2D eigenvalue weighted by Crippen LogP contribution is -2.71. The number of likely N-dealkylation sites (tertiary alicyclic amines) is 3. The van der Waals surface area contributed by atoms with E-state index >= 15 is 4.79 Å². The number of carboxylic acids is 1. The Hall–Kier alpha value is -2.99. The lowest BCUT2D eigenvalue weighted by Gasteiger charge is -2.52. The number of aryl methyl sites for hydroxylation is 1. The molecule has 1 unspecified atom stereocenters. The molecule has 3 atom stereocenters. The van der Waals surface area contributed by atoms with Gasteiger partial charge in [-0.05, 0) is 81.5 Å². The number of amides is 1. The van der Waals surface area contributed by atoms with Crippen LogP contribution in [0, 0.1) is 5.92 Å². The number of aromatic nitrogens is 1. The van der Waals surface area contributed by atoms with Crippen molar-refractivity contribution < 1.29 is 24.2 Å². The van der Waals surface area contributed by atoms with Crippen LogP contribution in [0.2, 0.25) is 10.0 Å². The minimum atomic E-state index is -1.27. The number of carbonyl (C=O) groups is 3. The van der Waals surface area contributed by atoms with E-state index in [1.807, 2.05) is 35.9 Å². The number of carboxylic acid groups (broad SMARTS) is 1. The second-order valence-corrected chi connectivity index (χ2v) is 15.8. The number of hydrogen-bond acceptors (Lipinski definition) is 7. The largest absolute Gasteiger partial charge is 0.481 e. The van der Waals surface area contributed by atoms with E-state index in [-0.39, 0.29) is 36.2 Å². The molecule has 266 valence electrons. The van der Waals surface area contributed by atoms with Gasteiger partial charge in [-0.25, -0.2) is 0 Å². The van der Waals surface area contributed by atoms with Crippen LogP contribution in [0.3, 0.4) is 0 Å². The van der Waals surface area contributed by atoms with Crippen LogP contribution >= 0.6 is 23.2 Å². The van der Waals surface area contributed by atoms with Gasteiger partial charge in [-0.15, -0.1) is 0 Å². The second kappa shape index (κ2) is 13.5. The number of benzene rings is 2. The number of nitrogens with zero attached hydrogens (tertiary/aromatic N) is 4. The molecule has 0 radical (unpaired) electrons. The summed E-state index contributed by atoms with van der Waals surface area (Å²) in [6.07, 6.45) is 9.36. The number of ether oxygens (including phenoxy) is 1. The molecule has 1 amide bonds. The zero-order valence-electron chi connectivity index (χ0n) is 28.5. The summed E-state index contributed by atoms with van der Waals surface area (Å²) in [4.78, 5) is 47.5. The number of hydrogen-bond donors (Lipinski definition) is 2. The van der Waals surface area contributed by atoms with Crippen molar-refractivity contribution in [1.29, 1.82) is 0 Å². The van der Waals surface area contributed by atoms with E-state index in [9.17, 15) is 14.7 Å². The number of rotatable bonds is 11. The quantitative estimate of drug-likeness (QED) is 0.242. The Labute approximate surface area is 302 Å². The molecule has 50 heavy (non-hydrogen) atoms. The number of aliphatic carboxylic acids is 1. The summed E-state index contributed by atoms with van der Waals surface area (Å²) in [5, 5.41) is 14.1. The maximum Gasteiger partial charge on any atom is 0.306 e. The summed E-state index contributed by atoms with van der Waals surface area (Å²) >= 11 is 13.7. The molecule has 3 saturated heterocycles. The third-order valence-corrected chi connectivity index (χ3v) is 12.5. The first-order valence-electron chi connectivity index (χ1n) is 18.2. The normalized spacial score (nSPS) is 27.2. The number of para-hydroxylation sites is 1. The van der Waals surface area contributed by atoms with Crippen LogP contribution in [0.15, 0.2) is 42.6 Å². The van der Waals surface area contributed by atoms with E-state index in [0.29, 0.717) is 64.6 Å². The van der Waals surface area contributed by atoms with Gasteiger partial charge in [-0.3, -0.25) is 29.1 Å². The summed E-state index contributed by atoms with van der Waals surface area (Å²) in [5.74, 6) is -2.78. The fourth-order valence-electron chi connectivity index (χ4n) is 9.15. The number of anilines is 1. The van der Waals surface area contributed by atoms with Gasteiger partial charge < -0.3 is 19.7 Å². The minimum absolute atomic E-state index is 0.0112. The highest BCUT2D eigenvalue weighted by molar-refractivity contribution is 6.36. The SMILES string of the molecule is Cn1cc(C(=O)Nc2cc(Cl)c(CC(=O)C(OC3CCC(C(=O)O)CC3)(N3CCCC3)N3C[C@@H]4C[C@H]3CN4C3CC3)cc2Cl)c2ccccc21. The molecule has 1 aromatic heterocycles. The number of halogens is 2. The van der Waals surface area contributed by atoms with Crippen molar-refractivity contribution >= 4 is 57.5 Å². The number of fused-ring (bicyclic) bond motifs is 3. The molecule has 5 aliphatic rings. The molecule has 0 spiro atoms. The van der Waals surface area contributed by atoms with Gasteiger partial charge in [0.05, 0.1) is 28.3 Å². The summed E-state index contributed by atoms with van der Waals surface area (Å²) in [5.41, 5.74) is 2.43. The van der Waals surface area contributed by atoms with Gasteiger partial charge in [-0.1, -0.05) is 41.4 Å². The Balaban J connectivity index is 1.08. The van der Waals surface area contributed by atoms with Crippen LogP contribution in [-0.4, -0.2) is 98.3 Å². The predicted octanol–water partition coefficient (Wildman–Crippen LogP) is 6.18. The average Bonchev–Trinajstić information content (AvgIpc) is 3.43. The molecule has 10 nitrogen and oxygen atoms in total. The molecule has 2 aromatic carbocycles. The number of piperazine rings is 1. The van der Waals surface area contributed by atoms with Crippen LogP contribution in [0.25, 0.3) is 10.9 Å². The highest BCUT2D eigenvalue weighted by atomic mass is 35.5. The zero-order valence-corrected chi connectivity index (χ0v) is 30.0. The Morgan fingerprint density at radius 1 is 0.940 bits per heavy atom. The smallest absolute Gasteiger partial charge is 0.306 e. The summed E-state index contributed by atoms with van der Waals surface area (Å²) in [6, 6.07) is 12.3. The van der Waals surface area contributed by atoms with Crippen LogP contribution in [-0.2, 0) is 27.8 Å². The Morgan fingerprint density at radius 2 is 1.68 bits per heavy atom. The van der Waals surface area contributed by atoms with Crippen LogP contribution < -0.4 is 5.32 Å². The first-order chi connectivity index (χ1) is 24.1. The molecule has 2 N–H and O–H groups in total. The molecule has 2 saturated carbocycles. The van der Waals surface area contributed by atoms with Gasteiger partial charge in [-0.2, -0.15) is 0 Å². The van der Waals surface area contributed by atoms with Gasteiger partial charge in [0.2, 0.25) is 5.85 Å². The van der Waals surface area contributed by atoms with Gasteiger partial charge >= 0.3 is 5.97 Å². The number of ketones is 1. The van der Waals surface area contributed by atoms with E-state index in [0.717, 1.165) is 56.3 Å². The van der Waals surface area contributed by atoms with Gasteiger partial charge in [0, 0.05) is 79.9 Å². The Bertz CT molecular complexity index is 1810. The molecule has 4 heterocycles. The van der Waals surface area contributed by atoms with Crippen molar-refractivity contribution in [2.45, 2.75) is 94.3 Å². The lowest BCUT2D eigenvalue weighted by atomic mass is 9.87. The Kier molecular flexibility index (Phi) is 9.23. The van der Waals surface area contributed by atoms with Crippen LogP contribution in [0.1, 0.15) is 73.7 Å². The third kappa shape index (κ3) is 6.16. The van der Waals surface area contributed by atoms with Crippen molar-refractivity contribution in [3.8, 4) is 0 Å². The number of carbonyl (C=O) groups excluding carboxylic acids is 2. The molecule has 3 aromatic rings. The molecule has 12 heteroatoms. The van der Waals surface area contributed by atoms with E-state index in [1.54, 1.807) is 18.3 Å². The van der Waals surface area contributed by atoms with Gasteiger partial charge in [0.25, 0.3) is 5.91 Å². The fraction of sp³-hybridized carbons (Fsp3) is 0.553. The molecule has 3 aliphatic heterocycles. The van der Waals surface area contributed by atoms with E-state index in [1.165, 1.54) is 12.8 Å². The monoisotopic (exact) mass is 721 g/mol. The fourth-order valence-corrected chi connectivity index (χ4v) is 9.61. The second-order valence-electron chi connectivity index (χ2n) is 15.0. The predicted molar refractivity (Wildman–Crippen MR) is 193 cm³/mol. The molecule has 5 fully saturated rings. The molecule has 8 rings (SSSR count). The standard InChI is InChI=1S/C38H45Cl2N5O5/c1-42-22-30(29-6-2-3-7-34(29)42)36(47)41-33-19-31(39)24(16-32(33)40)17-35(46)38(43-14-4-5-15-43,50-28-12-8-23(9-13-28)37(48)49)45-21-26-18-27(45)20-44(26)25-10-11-25/h2-3,6-7,16,19,22-23,25-28H,4-5,8-15,17-18,20-21H2,1H3,(H,41,47)(H,48,49)/t23?,26-,27-,28?,38?/m0/s1. The van der Waals surface area contributed by atoms with Crippen molar-refractivity contribution in [2.75, 3.05) is 31.5 Å². The van der Waals surface area contributed by atoms with E-state index in [2.05, 4.69) is 20.0 Å². The highest BCUT2D eigenvalue weighted by Gasteiger charge is 2.60. The van der Waals surface area contributed by atoms with Gasteiger partial charge in [0.15, 0.2) is 5.78 Å². The zero-order chi connectivity index (χ0) is 34.7. The molecular formula is C38H45Cl2N5O5. The lowest BCUT2D eigenvalue weighted by molar-refractivity contribution is -0.263. The number of nitrogens with one attached hydrogen (secondary N) is 1. The third-order valence-electron chi connectivity index (χ3n) is 11.8. The van der Waals surface area contributed by atoms with Crippen LogP contribution in [0.5, 0.6) is 0 Å². The maximum atomic E-state index is 15.1. The topological polar surface area (TPSA) is 107 Å². The van der Waals surface area contributed by atoms with Crippen molar-refractivity contribution in [3.05, 3.63) is 63.8 Å². The number of Topliss-reactive ketones (excluding diaryl/α,β-unsaturated/α-hetero) is 1. The van der Waals surface area contributed by atoms with E-state index < -0.39 is 11.8 Å². The maximum absolute atomic E-state index is 15.1. The summed E-state index contributed by atoms with van der Waals surface area (Å²) < 4.78 is 9.07. The molecule has 2 bridgehead atoms. The van der Waals surface area contributed by atoms with E-state index in [4.69, 9.17) is 27.9 Å². The molecular weight excluding hydrogens is 677 g/mol. The average molecular weight is 723 g/mol. The van der Waals surface area contributed by atoms with Gasteiger partial charge in [0.1, 0.15) is 0 Å².